The standard InChI is InChI=1S/C19H21N3O5S/c1-3-12(2)20-19(26)22-16(23)11-27-18(25)13-6-8-14(9-7-13)21-17(24)15-5-4-10-28-15/h4-10,12H,3,11H2,1-2H3,(H,21,24)(H2,20,22,23,26)/t12-/m0/s1. The molecule has 1 aromatic heterocycles. The Kier molecular flexibility index (Phi) is 7.70. The quantitative estimate of drug-likeness (QED) is 0.615. The maximum Gasteiger partial charge on any atom is 0.338 e. The summed E-state index contributed by atoms with van der Waals surface area (Å²) in [5, 5.41) is 9.17. The van der Waals surface area contributed by atoms with Gasteiger partial charge in [0.15, 0.2) is 6.61 Å². The van der Waals surface area contributed by atoms with Gasteiger partial charge >= 0.3 is 12.0 Å². The molecule has 0 aliphatic heterocycles. The molecule has 4 amide bonds. The Bertz CT molecular complexity index is 834. The first-order valence-electron chi connectivity index (χ1n) is 8.61. The molecule has 0 unspecified atom stereocenters. The van der Waals surface area contributed by atoms with E-state index in [4.69, 9.17) is 4.74 Å². The highest BCUT2D eigenvalue weighted by atomic mass is 32.1. The SMILES string of the molecule is CC[C@H](C)NC(=O)NC(=O)COC(=O)c1ccc(NC(=O)c2cccs2)cc1. The molecule has 0 aliphatic rings. The minimum Gasteiger partial charge on any atom is -0.452 e. The van der Waals surface area contributed by atoms with Crippen molar-refractivity contribution in [1.29, 1.82) is 0 Å². The molecule has 0 saturated heterocycles. The molecule has 8 nitrogen and oxygen atoms in total. The summed E-state index contributed by atoms with van der Waals surface area (Å²) in [6.45, 7) is 3.12. The van der Waals surface area contributed by atoms with Gasteiger partial charge in [-0.2, -0.15) is 0 Å². The molecule has 9 heteroatoms. The van der Waals surface area contributed by atoms with Crippen LogP contribution in [-0.2, 0) is 9.53 Å². The van der Waals surface area contributed by atoms with Crippen molar-refractivity contribution in [3.8, 4) is 0 Å². The lowest BCUT2D eigenvalue weighted by Crippen LogP contribution is -2.44. The number of ether oxygens (including phenoxy) is 1. The van der Waals surface area contributed by atoms with Crippen molar-refractivity contribution in [2.24, 2.45) is 0 Å². The van der Waals surface area contributed by atoms with Crippen molar-refractivity contribution in [3.05, 3.63) is 52.2 Å². The Morgan fingerprint density at radius 3 is 2.43 bits per heavy atom. The number of rotatable bonds is 7. The number of benzene rings is 1. The predicted molar refractivity (Wildman–Crippen MR) is 105 cm³/mol. The summed E-state index contributed by atoms with van der Waals surface area (Å²) < 4.78 is 4.89. The first-order valence-corrected chi connectivity index (χ1v) is 9.49. The summed E-state index contributed by atoms with van der Waals surface area (Å²) in [6, 6.07) is 8.84. The van der Waals surface area contributed by atoms with Gasteiger partial charge in [-0.3, -0.25) is 14.9 Å². The fourth-order valence-electron chi connectivity index (χ4n) is 2.03. The number of thiophene rings is 1. The van der Waals surface area contributed by atoms with Gasteiger partial charge in [-0.1, -0.05) is 13.0 Å². The molecule has 0 bridgehead atoms. The summed E-state index contributed by atoms with van der Waals surface area (Å²) >= 11 is 1.32. The lowest BCUT2D eigenvalue weighted by Gasteiger charge is -2.11. The maximum atomic E-state index is 12.0. The number of nitrogens with one attached hydrogen (secondary N) is 3. The highest BCUT2D eigenvalue weighted by molar-refractivity contribution is 7.12. The fourth-order valence-corrected chi connectivity index (χ4v) is 2.65. The van der Waals surface area contributed by atoms with Gasteiger partial charge in [0.1, 0.15) is 0 Å². The molecule has 2 aromatic rings. The Labute approximate surface area is 166 Å². The first-order chi connectivity index (χ1) is 13.4. The molecule has 1 aromatic carbocycles. The Hall–Kier alpha value is -3.20. The number of imide groups is 1. The molecule has 0 spiro atoms. The number of amides is 4. The van der Waals surface area contributed by atoms with E-state index in [0.717, 1.165) is 6.42 Å². The van der Waals surface area contributed by atoms with Gasteiger partial charge in [-0.25, -0.2) is 9.59 Å². The van der Waals surface area contributed by atoms with Crippen LogP contribution in [0.25, 0.3) is 0 Å². The first kappa shape index (κ1) is 21.1. The second-order valence-electron chi connectivity index (χ2n) is 5.92. The van der Waals surface area contributed by atoms with Crippen molar-refractivity contribution >= 4 is 40.8 Å². The van der Waals surface area contributed by atoms with E-state index < -0.39 is 24.5 Å². The predicted octanol–water partition coefficient (Wildman–Crippen LogP) is 2.78. The molecule has 0 radical (unpaired) electrons. The minimum atomic E-state index is -0.728. The van der Waals surface area contributed by atoms with E-state index in [2.05, 4.69) is 16.0 Å². The van der Waals surface area contributed by atoms with Crippen LogP contribution < -0.4 is 16.0 Å². The highest BCUT2D eigenvalue weighted by Gasteiger charge is 2.14. The van der Waals surface area contributed by atoms with E-state index in [1.807, 2.05) is 6.92 Å². The number of hydrogen-bond acceptors (Lipinski definition) is 6. The second-order valence-corrected chi connectivity index (χ2v) is 6.86. The smallest absolute Gasteiger partial charge is 0.338 e. The Morgan fingerprint density at radius 2 is 1.82 bits per heavy atom. The van der Waals surface area contributed by atoms with Crippen molar-refractivity contribution in [1.82, 2.24) is 10.6 Å². The van der Waals surface area contributed by atoms with E-state index in [1.165, 1.54) is 23.5 Å². The molecular formula is C19H21N3O5S. The summed E-state index contributed by atoms with van der Waals surface area (Å²) in [5.74, 6) is -1.68. The van der Waals surface area contributed by atoms with Crippen molar-refractivity contribution in [3.63, 3.8) is 0 Å². The van der Waals surface area contributed by atoms with E-state index in [9.17, 15) is 19.2 Å². The molecule has 28 heavy (non-hydrogen) atoms. The number of anilines is 1. The molecule has 3 N–H and O–H groups in total. The van der Waals surface area contributed by atoms with Crippen LogP contribution in [0.2, 0.25) is 0 Å². The third kappa shape index (κ3) is 6.51. The van der Waals surface area contributed by atoms with Crippen LogP contribution in [0.5, 0.6) is 0 Å². The zero-order valence-electron chi connectivity index (χ0n) is 15.5. The lowest BCUT2D eigenvalue weighted by molar-refractivity contribution is -0.123. The number of hydrogen-bond donors (Lipinski definition) is 3. The monoisotopic (exact) mass is 403 g/mol. The fraction of sp³-hybridized carbons (Fsp3) is 0.263. The van der Waals surface area contributed by atoms with Crippen molar-refractivity contribution in [2.45, 2.75) is 26.3 Å². The molecule has 0 aliphatic carbocycles. The van der Waals surface area contributed by atoms with Crippen LogP contribution in [-0.4, -0.2) is 36.5 Å². The number of urea groups is 1. The summed E-state index contributed by atoms with van der Waals surface area (Å²) in [5.41, 5.74) is 0.736. The van der Waals surface area contributed by atoms with Crippen LogP contribution in [0, 0.1) is 0 Å². The average Bonchev–Trinajstić information content (AvgIpc) is 3.21. The number of esters is 1. The third-order valence-corrected chi connectivity index (χ3v) is 4.57. The molecule has 2 rings (SSSR count). The van der Waals surface area contributed by atoms with Crippen LogP contribution >= 0.6 is 11.3 Å². The Morgan fingerprint density at radius 1 is 1.11 bits per heavy atom. The van der Waals surface area contributed by atoms with Crippen molar-refractivity contribution in [2.75, 3.05) is 11.9 Å². The van der Waals surface area contributed by atoms with Crippen LogP contribution in [0.3, 0.4) is 0 Å². The van der Waals surface area contributed by atoms with Gasteiger partial charge in [0.25, 0.3) is 11.8 Å². The van der Waals surface area contributed by atoms with E-state index in [1.54, 1.807) is 36.6 Å². The largest absolute Gasteiger partial charge is 0.452 e. The van der Waals surface area contributed by atoms with Crippen LogP contribution in [0.4, 0.5) is 10.5 Å². The molecule has 0 fully saturated rings. The molecule has 0 saturated carbocycles. The topological polar surface area (TPSA) is 114 Å². The zero-order chi connectivity index (χ0) is 20.5. The molecule has 148 valence electrons. The van der Waals surface area contributed by atoms with Gasteiger partial charge in [0.2, 0.25) is 0 Å². The van der Waals surface area contributed by atoms with E-state index in [-0.39, 0.29) is 17.5 Å². The van der Waals surface area contributed by atoms with Gasteiger partial charge in [0, 0.05) is 11.7 Å². The number of carbonyl (C=O) groups is 4. The summed E-state index contributed by atoms with van der Waals surface area (Å²) in [4.78, 5) is 47.7. The second kappa shape index (κ2) is 10.2. The van der Waals surface area contributed by atoms with E-state index >= 15 is 0 Å². The van der Waals surface area contributed by atoms with Gasteiger partial charge in [0.05, 0.1) is 10.4 Å². The van der Waals surface area contributed by atoms with Gasteiger partial charge < -0.3 is 15.4 Å². The average molecular weight is 403 g/mol. The summed E-state index contributed by atoms with van der Waals surface area (Å²) in [7, 11) is 0. The third-order valence-electron chi connectivity index (χ3n) is 3.70. The van der Waals surface area contributed by atoms with Crippen molar-refractivity contribution < 1.29 is 23.9 Å². The zero-order valence-corrected chi connectivity index (χ0v) is 16.3. The highest BCUT2D eigenvalue weighted by Crippen LogP contribution is 2.14. The van der Waals surface area contributed by atoms with Gasteiger partial charge in [-0.15, -0.1) is 11.3 Å². The number of carbonyl (C=O) groups excluding carboxylic acids is 4. The van der Waals surface area contributed by atoms with Crippen LogP contribution in [0.1, 0.15) is 40.3 Å². The van der Waals surface area contributed by atoms with Gasteiger partial charge in [-0.05, 0) is 49.1 Å². The summed E-state index contributed by atoms with van der Waals surface area (Å²) in [6.07, 6.45) is 0.723. The van der Waals surface area contributed by atoms with E-state index in [0.29, 0.717) is 10.6 Å². The molecular weight excluding hydrogens is 382 g/mol. The lowest BCUT2D eigenvalue weighted by atomic mass is 10.2. The maximum absolute atomic E-state index is 12.0. The molecule has 1 atom stereocenters. The molecule has 1 heterocycles. The minimum absolute atomic E-state index is 0.0748. The van der Waals surface area contributed by atoms with Crippen LogP contribution in [0.15, 0.2) is 41.8 Å². The normalized spacial score (nSPS) is 11.2. The Balaban J connectivity index is 1.80.